The van der Waals surface area contributed by atoms with Gasteiger partial charge < -0.3 is 9.84 Å². The molecule has 5 rings (SSSR count). The maximum Gasteiger partial charge on any atom is 0.350 e. The molecule has 2 aromatic carbocycles. The van der Waals surface area contributed by atoms with E-state index in [9.17, 15) is 14.0 Å². The Balaban J connectivity index is 1.46. The fraction of sp³-hybridized carbons (Fsp3) is 0.0455. The molecule has 34 heavy (non-hydrogen) atoms. The summed E-state index contributed by atoms with van der Waals surface area (Å²) in [6, 6.07) is 13.8. The van der Waals surface area contributed by atoms with Crippen molar-refractivity contribution in [2.75, 3.05) is 5.32 Å². The molecule has 0 fully saturated rings. The first-order chi connectivity index (χ1) is 16.4. The van der Waals surface area contributed by atoms with Crippen LogP contribution in [0.1, 0.15) is 0 Å². The number of nitrogens with one attached hydrogen (secondary N) is 1. The minimum absolute atomic E-state index is 0.0866. The molecule has 0 bridgehead atoms. The lowest BCUT2D eigenvalue weighted by atomic mass is 10.2. The van der Waals surface area contributed by atoms with Crippen LogP contribution in [-0.2, 0) is 11.3 Å². The van der Waals surface area contributed by atoms with Crippen LogP contribution in [0.3, 0.4) is 0 Å². The van der Waals surface area contributed by atoms with Crippen LogP contribution >= 0.6 is 23.2 Å². The van der Waals surface area contributed by atoms with E-state index < -0.39 is 24.0 Å². The molecule has 3 aromatic heterocycles. The SMILES string of the molecule is O=C(Cn1nc2c(-c3nc(-c4cccc(Cl)c4)no3)cccn2c1=O)Nc1cc(F)ccc1Cl. The molecule has 9 nitrogen and oxygen atoms in total. The van der Waals surface area contributed by atoms with E-state index in [1.807, 2.05) is 0 Å². The second-order valence-corrected chi connectivity index (χ2v) is 8.01. The highest BCUT2D eigenvalue weighted by molar-refractivity contribution is 6.33. The molecule has 0 saturated heterocycles. The summed E-state index contributed by atoms with van der Waals surface area (Å²) in [6.45, 7) is -0.426. The van der Waals surface area contributed by atoms with Gasteiger partial charge in [0.1, 0.15) is 12.4 Å². The number of hydrogen-bond acceptors (Lipinski definition) is 6. The fourth-order valence-electron chi connectivity index (χ4n) is 3.30. The van der Waals surface area contributed by atoms with Gasteiger partial charge >= 0.3 is 5.69 Å². The zero-order valence-electron chi connectivity index (χ0n) is 17.1. The maximum absolute atomic E-state index is 13.5. The molecule has 1 amide bonds. The summed E-state index contributed by atoms with van der Waals surface area (Å²) in [6.07, 6.45) is 1.50. The highest BCUT2D eigenvalue weighted by Gasteiger charge is 2.19. The number of halogens is 3. The molecule has 0 unspecified atom stereocenters. The second-order valence-electron chi connectivity index (χ2n) is 7.16. The van der Waals surface area contributed by atoms with Gasteiger partial charge in [0.25, 0.3) is 5.89 Å². The van der Waals surface area contributed by atoms with E-state index in [2.05, 4.69) is 20.6 Å². The Morgan fingerprint density at radius 2 is 1.97 bits per heavy atom. The summed E-state index contributed by atoms with van der Waals surface area (Å²) < 4.78 is 21.1. The molecular formula is C22H13Cl2FN6O3. The Hall–Kier alpha value is -4.02. The summed E-state index contributed by atoms with van der Waals surface area (Å²) in [4.78, 5) is 29.7. The molecule has 0 radical (unpaired) electrons. The number of fused-ring (bicyclic) bond motifs is 1. The first-order valence-electron chi connectivity index (χ1n) is 9.82. The molecule has 0 aliphatic heterocycles. The molecule has 0 aliphatic rings. The third-order valence-electron chi connectivity index (χ3n) is 4.84. The number of hydrogen-bond donors (Lipinski definition) is 1. The molecule has 0 spiro atoms. The fourth-order valence-corrected chi connectivity index (χ4v) is 3.66. The van der Waals surface area contributed by atoms with Crippen molar-refractivity contribution in [1.82, 2.24) is 24.3 Å². The van der Waals surface area contributed by atoms with Gasteiger partial charge in [-0.15, -0.1) is 5.10 Å². The predicted octanol–water partition coefficient (Wildman–Crippen LogP) is 4.30. The number of anilines is 1. The van der Waals surface area contributed by atoms with Crippen molar-refractivity contribution in [3.63, 3.8) is 0 Å². The van der Waals surface area contributed by atoms with Crippen LogP contribution in [0.15, 0.2) is 70.1 Å². The molecule has 3 heterocycles. The molecule has 5 aromatic rings. The number of amides is 1. The number of benzene rings is 2. The Bertz CT molecular complexity index is 1610. The van der Waals surface area contributed by atoms with Crippen LogP contribution in [0.5, 0.6) is 0 Å². The average molecular weight is 499 g/mol. The lowest BCUT2D eigenvalue weighted by Gasteiger charge is -2.06. The summed E-state index contributed by atoms with van der Waals surface area (Å²) in [5.74, 6) is -0.729. The summed E-state index contributed by atoms with van der Waals surface area (Å²) in [5, 5.41) is 11.4. The molecular weight excluding hydrogens is 486 g/mol. The molecule has 0 atom stereocenters. The molecule has 12 heteroatoms. The highest BCUT2D eigenvalue weighted by atomic mass is 35.5. The van der Waals surface area contributed by atoms with E-state index in [-0.39, 0.29) is 22.2 Å². The van der Waals surface area contributed by atoms with E-state index in [1.165, 1.54) is 22.7 Å². The Labute approximate surface area is 200 Å². The maximum atomic E-state index is 13.5. The van der Waals surface area contributed by atoms with Gasteiger partial charge in [0.15, 0.2) is 5.65 Å². The normalized spacial score (nSPS) is 11.1. The summed E-state index contributed by atoms with van der Waals surface area (Å²) in [5.41, 5.74) is 0.790. The smallest absolute Gasteiger partial charge is 0.333 e. The van der Waals surface area contributed by atoms with Gasteiger partial charge in [-0.05, 0) is 42.5 Å². The summed E-state index contributed by atoms with van der Waals surface area (Å²) >= 11 is 12.0. The number of carbonyl (C=O) groups is 1. The molecule has 0 aliphatic carbocycles. The van der Waals surface area contributed by atoms with Gasteiger partial charge in [-0.3, -0.25) is 4.79 Å². The predicted molar refractivity (Wildman–Crippen MR) is 123 cm³/mol. The van der Waals surface area contributed by atoms with Crippen molar-refractivity contribution < 1.29 is 13.7 Å². The lowest BCUT2D eigenvalue weighted by Crippen LogP contribution is -2.28. The topological polar surface area (TPSA) is 107 Å². The molecule has 0 saturated carbocycles. The quantitative estimate of drug-likeness (QED) is 0.387. The van der Waals surface area contributed by atoms with Crippen LogP contribution in [0.25, 0.3) is 28.5 Å². The van der Waals surface area contributed by atoms with E-state index in [0.29, 0.717) is 22.0 Å². The minimum Gasteiger partial charge on any atom is -0.333 e. The van der Waals surface area contributed by atoms with Crippen molar-refractivity contribution >= 4 is 40.4 Å². The van der Waals surface area contributed by atoms with E-state index in [1.54, 1.807) is 36.4 Å². The molecule has 1 N–H and O–H groups in total. The zero-order valence-corrected chi connectivity index (χ0v) is 18.6. The van der Waals surface area contributed by atoms with Gasteiger partial charge in [-0.2, -0.15) is 4.98 Å². The van der Waals surface area contributed by atoms with Crippen LogP contribution in [0.2, 0.25) is 10.0 Å². The van der Waals surface area contributed by atoms with Gasteiger partial charge in [-0.25, -0.2) is 18.3 Å². The van der Waals surface area contributed by atoms with Crippen molar-refractivity contribution in [3.8, 4) is 22.8 Å². The molecule has 170 valence electrons. The Kier molecular flexibility index (Phi) is 5.60. The highest BCUT2D eigenvalue weighted by Crippen LogP contribution is 2.26. The van der Waals surface area contributed by atoms with Crippen molar-refractivity contribution in [3.05, 3.63) is 87.1 Å². The van der Waals surface area contributed by atoms with E-state index >= 15 is 0 Å². The van der Waals surface area contributed by atoms with Crippen LogP contribution in [0.4, 0.5) is 10.1 Å². The zero-order chi connectivity index (χ0) is 23.8. The Morgan fingerprint density at radius 3 is 2.79 bits per heavy atom. The van der Waals surface area contributed by atoms with Crippen molar-refractivity contribution in [2.45, 2.75) is 6.54 Å². The number of aromatic nitrogens is 5. The third kappa shape index (κ3) is 4.16. The van der Waals surface area contributed by atoms with Crippen LogP contribution in [-0.4, -0.2) is 30.2 Å². The van der Waals surface area contributed by atoms with Crippen molar-refractivity contribution in [1.29, 1.82) is 0 Å². The number of nitrogens with zero attached hydrogens (tertiary/aromatic N) is 5. The lowest BCUT2D eigenvalue weighted by molar-refractivity contribution is -0.117. The first kappa shape index (κ1) is 21.8. The largest absolute Gasteiger partial charge is 0.350 e. The van der Waals surface area contributed by atoms with Gasteiger partial charge in [0, 0.05) is 16.8 Å². The van der Waals surface area contributed by atoms with Gasteiger partial charge in [0.05, 0.1) is 16.3 Å². The number of pyridine rings is 1. The first-order valence-corrected chi connectivity index (χ1v) is 10.6. The number of rotatable bonds is 5. The number of carbonyl (C=O) groups excluding carboxylic acids is 1. The van der Waals surface area contributed by atoms with Gasteiger partial charge in [-0.1, -0.05) is 40.5 Å². The minimum atomic E-state index is -0.611. The second kappa shape index (κ2) is 8.73. The van der Waals surface area contributed by atoms with Gasteiger partial charge in [0.2, 0.25) is 11.7 Å². The standard InChI is InChI=1S/C22H13Cl2FN6O3/c23-13-4-1-3-12(9-13)19-27-21(34-29-19)15-5-2-8-30-20(15)28-31(22(30)33)11-18(32)26-17-10-14(25)6-7-16(17)24/h1-10H,11H2,(H,26,32). The van der Waals surface area contributed by atoms with Crippen LogP contribution in [0, 0.1) is 5.82 Å². The Morgan fingerprint density at radius 1 is 1.12 bits per heavy atom. The summed E-state index contributed by atoms with van der Waals surface area (Å²) in [7, 11) is 0. The van der Waals surface area contributed by atoms with Crippen molar-refractivity contribution in [2.24, 2.45) is 0 Å². The van der Waals surface area contributed by atoms with E-state index in [4.69, 9.17) is 27.7 Å². The van der Waals surface area contributed by atoms with E-state index in [0.717, 1.165) is 10.7 Å². The third-order valence-corrected chi connectivity index (χ3v) is 5.41. The van der Waals surface area contributed by atoms with Crippen LogP contribution < -0.4 is 11.0 Å². The monoisotopic (exact) mass is 498 g/mol. The average Bonchev–Trinajstić information content (AvgIpc) is 3.42.